The molecule has 0 aliphatic heterocycles. The quantitative estimate of drug-likeness (QED) is 0.0947. The van der Waals surface area contributed by atoms with Crippen LogP contribution in [0.5, 0.6) is 5.75 Å². The lowest BCUT2D eigenvalue weighted by molar-refractivity contribution is -0.111. The van der Waals surface area contributed by atoms with Crippen LogP contribution in [0.4, 0.5) is 11.4 Å². The van der Waals surface area contributed by atoms with E-state index in [9.17, 15) is 9.00 Å². The average molecular weight is 628 g/mol. The number of hydrogen-bond donors (Lipinski definition) is 2. The summed E-state index contributed by atoms with van der Waals surface area (Å²) in [5.74, 6) is 3.39. The van der Waals surface area contributed by atoms with E-state index in [1.165, 1.54) is 25.3 Å². The van der Waals surface area contributed by atoms with Crippen LogP contribution in [0.1, 0.15) is 80.6 Å². The van der Waals surface area contributed by atoms with E-state index >= 15 is 0 Å². The monoisotopic (exact) mass is 627 g/mol. The molecule has 3 rings (SSSR count). The molecule has 0 aromatic heterocycles. The Hall–Kier alpha value is -3.02. The number of allylic oxidation sites excluding steroid dienone is 1. The number of nitrogens with one attached hydrogen (secondary N) is 2. The highest BCUT2D eigenvalue weighted by Gasteiger charge is 2.20. The van der Waals surface area contributed by atoms with Gasteiger partial charge in [-0.15, -0.1) is 0 Å². The van der Waals surface area contributed by atoms with Crippen LogP contribution in [0.25, 0.3) is 0 Å². The molecule has 2 N–H and O–H groups in total. The average Bonchev–Trinajstić information content (AvgIpc) is 3.84. The predicted octanol–water partition coefficient (Wildman–Crippen LogP) is 9.42. The van der Waals surface area contributed by atoms with Crippen molar-refractivity contribution in [1.82, 2.24) is 0 Å². The standard InChI is InChI=1S/C28H34N3O3PS.C3H8.2C2H6/c1-4-5-9-28(32)31-24-8-6-7-23(18-24)30-21(2)27(36(3)33)19-29-20-35-26-14-12-25(13-15-26)34-17-16-22-10-11-22;1-3-2;2*1-2/h5-9,12-15,18-20,22,30,35H,2,4,10-11,16-17H2,1,3H3,(H,31,32);3H2,1-2H3;2*1-2H3/b9-5+,27-19+,29-20?;;;. The van der Waals surface area contributed by atoms with Crippen molar-refractivity contribution < 1.29 is 13.7 Å². The molecule has 0 bridgehead atoms. The lowest BCUT2D eigenvalue weighted by Crippen LogP contribution is -2.09. The summed E-state index contributed by atoms with van der Waals surface area (Å²) in [5.41, 5.74) is 1.86. The molecule has 0 radical (unpaired) electrons. The molecule has 0 spiro atoms. The van der Waals surface area contributed by atoms with Gasteiger partial charge in [0.2, 0.25) is 5.91 Å². The largest absolute Gasteiger partial charge is 0.494 e. The third-order valence-corrected chi connectivity index (χ3v) is 7.30. The van der Waals surface area contributed by atoms with Gasteiger partial charge in [-0.25, -0.2) is 0 Å². The number of aliphatic imine (C=N–C) groups is 1. The third kappa shape index (κ3) is 19.0. The van der Waals surface area contributed by atoms with E-state index in [1.807, 2.05) is 77.0 Å². The summed E-state index contributed by atoms with van der Waals surface area (Å²) in [6, 6.07) is 15.4. The lowest BCUT2D eigenvalue weighted by Gasteiger charge is -2.12. The highest BCUT2D eigenvalue weighted by atomic mass is 32.2. The summed E-state index contributed by atoms with van der Waals surface area (Å²) >= 11 is 0. The fourth-order valence-corrected chi connectivity index (χ4v) is 4.52. The maximum Gasteiger partial charge on any atom is 0.248 e. The Balaban J connectivity index is 0.00000232. The Morgan fingerprint density at radius 3 is 2.21 bits per heavy atom. The normalized spacial score (nSPS) is 13.3. The fourth-order valence-electron chi connectivity index (χ4n) is 3.26. The van der Waals surface area contributed by atoms with Crippen molar-refractivity contribution in [2.45, 2.75) is 80.6 Å². The molecule has 0 saturated heterocycles. The van der Waals surface area contributed by atoms with E-state index in [-0.39, 0.29) is 5.91 Å². The van der Waals surface area contributed by atoms with Crippen molar-refractivity contribution in [2.24, 2.45) is 10.9 Å². The molecule has 8 heteroatoms. The first-order valence-electron chi connectivity index (χ1n) is 15.4. The van der Waals surface area contributed by atoms with Crippen LogP contribution in [0.2, 0.25) is 0 Å². The predicted molar refractivity (Wildman–Crippen MR) is 194 cm³/mol. The van der Waals surface area contributed by atoms with Crippen LogP contribution in [0.15, 0.2) is 89.1 Å². The number of carbonyl (C=O) groups excluding carboxylic acids is 1. The van der Waals surface area contributed by atoms with E-state index in [4.69, 9.17) is 4.74 Å². The number of hydrogen-bond acceptors (Lipinski definition) is 5. The Kier molecular flexibility index (Phi) is 23.7. The molecule has 2 aromatic carbocycles. The zero-order valence-electron chi connectivity index (χ0n) is 27.5. The second kappa shape index (κ2) is 25.5. The van der Waals surface area contributed by atoms with E-state index in [1.54, 1.807) is 30.7 Å². The SMILES string of the molecule is C=C(Nc1cccc(NC(=O)/C=C/CC)c1)/C(=C\N=CPc1ccc(OCCC2CC2)cc1)S(C)=O.CC.CC.CCC. The van der Waals surface area contributed by atoms with E-state index in [2.05, 4.69) is 36.1 Å². The fraction of sp³-hybridized carbons (Fsp3) is 0.429. The third-order valence-electron chi connectivity index (χ3n) is 5.38. The molecule has 238 valence electrons. The maximum atomic E-state index is 12.3. The maximum absolute atomic E-state index is 12.3. The van der Waals surface area contributed by atoms with Crippen LogP contribution in [0, 0.1) is 5.92 Å². The van der Waals surface area contributed by atoms with Gasteiger partial charge in [-0.05, 0) is 69.1 Å². The molecular formula is C35H54N3O3PS. The number of carbonyl (C=O) groups is 1. The summed E-state index contributed by atoms with van der Waals surface area (Å²) < 4.78 is 18.1. The van der Waals surface area contributed by atoms with Gasteiger partial charge >= 0.3 is 0 Å². The molecule has 6 nitrogen and oxygen atoms in total. The Bertz CT molecular complexity index is 1170. The minimum Gasteiger partial charge on any atom is -0.494 e. The van der Waals surface area contributed by atoms with E-state index in [0.29, 0.717) is 24.9 Å². The molecule has 0 heterocycles. The van der Waals surface area contributed by atoms with Crippen molar-refractivity contribution in [1.29, 1.82) is 0 Å². The van der Waals surface area contributed by atoms with Gasteiger partial charge in [-0.3, -0.25) is 14.0 Å². The number of ether oxygens (including phenoxy) is 1. The second-order valence-electron chi connectivity index (χ2n) is 9.17. The number of nitrogens with zero attached hydrogens (tertiary/aromatic N) is 1. The van der Waals surface area contributed by atoms with E-state index in [0.717, 1.165) is 42.1 Å². The van der Waals surface area contributed by atoms with Crippen molar-refractivity contribution in [3.8, 4) is 5.75 Å². The summed E-state index contributed by atoms with van der Waals surface area (Å²) in [7, 11) is -0.908. The topological polar surface area (TPSA) is 79.8 Å². The Morgan fingerprint density at radius 2 is 1.65 bits per heavy atom. The molecule has 1 fully saturated rings. The first-order valence-corrected chi connectivity index (χ1v) is 18.1. The summed E-state index contributed by atoms with van der Waals surface area (Å²) in [6.45, 7) is 19.0. The Labute approximate surface area is 265 Å². The first-order chi connectivity index (χ1) is 20.9. The van der Waals surface area contributed by atoms with Gasteiger partial charge in [0, 0.05) is 35.5 Å². The molecular weight excluding hydrogens is 573 g/mol. The minimum absolute atomic E-state index is 0.186. The molecule has 2 atom stereocenters. The molecule has 43 heavy (non-hydrogen) atoms. The van der Waals surface area contributed by atoms with Gasteiger partial charge in [-0.1, -0.05) is 98.6 Å². The van der Waals surface area contributed by atoms with E-state index < -0.39 is 10.8 Å². The van der Waals surface area contributed by atoms with Crippen molar-refractivity contribution >= 4 is 47.9 Å². The van der Waals surface area contributed by atoms with Crippen LogP contribution < -0.4 is 20.7 Å². The minimum atomic E-state index is -1.29. The Morgan fingerprint density at radius 1 is 1.05 bits per heavy atom. The van der Waals surface area contributed by atoms with Gasteiger partial charge in [0.1, 0.15) is 5.75 Å². The van der Waals surface area contributed by atoms with Gasteiger partial charge in [0.05, 0.1) is 22.3 Å². The van der Waals surface area contributed by atoms with Crippen LogP contribution in [-0.4, -0.2) is 28.9 Å². The summed E-state index contributed by atoms with van der Waals surface area (Å²) in [6.07, 6.45) is 12.4. The number of rotatable bonds is 14. The molecule has 1 amide bonds. The molecule has 2 aromatic rings. The zero-order valence-corrected chi connectivity index (χ0v) is 29.4. The molecule has 2 unspecified atom stereocenters. The lowest BCUT2D eigenvalue weighted by atomic mass is 10.2. The van der Waals surface area contributed by atoms with Gasteiger partial charge in [0.25, 0.3) is 0 Å². The van der Waals surface area contributed by atoms with Gasteiger partial charge < -0.3 is 15.4 Å². The molecule has 1 aliphatic carbocycles. The summed E-state index contributed by atoms with van der Waals surface area (Å²) in [5, 5.41) is 7.13. The number of benzene rings is 2. The first kappa shape index (κ1) is 40.0. The molecule has 1 aliphatic rings. The molecule has 1 saturated carbocycles. The highest BCUT2D eigenvalue weighted by Crippen LogP contribution is 2.32. The smallest absolute Gasteiger partial charge is 0.248 e. The second-order valence-corrected chi connectivity index (χ2v) is 11.6. The van der Waals surface area contributed by atoms with Crippen molar-refractivity contribution in [3.63, 3.8) is 0 Å². The number of anilines is 2. The highest BCUT2D eigenvalue weighted by molar-refractivity contribution is 7.88. The van der Waals surface area contributed by atoms with Crippen molar-refractivity contribution in [2.75, 3.05) is 23.5 Å². The van der Waals surface area contributed by atoms with Crippen molar-refractivity contribution in [3.05, 3.63) is 84.1 Å². The number of amides is 1. The van der Waals surface area contributed by atoms with Gasteiger partial charge in [-0.2, -0.15) is 0 Å². The van der Waals surface area contributed by atoms with Crippen LogP contribution in [0.3, 0.4) is 0 Å². The zero-order chi connectivity index (χ0) is 32.5. The van der Waals surface area contributed by atoms with Gasteiger partial charge in [0.15, 0.2) is 0 Å². The summed E-state index contributed by atoms with van der Waals surface area (Å²) in [4.78, 5) is 16.8. The van der Waals surface area contributed by atoms with Crippen LogP contribution >= 0.6 is 8.58 Å². The van der Waals surface area contributed by atoms with Crippen LogP contribution in [-0.2, 0) is 15.6 Å².